The van der Waals surface area contributed by atoms with E-state index in [2.05, 4.69) is 20.5 Å². The van der Waals surface area contributed by atoms with Crippen LogP contribution >= 0.6 is 0 Å². The Balaban J connectivity index is 0.00000276. The molecule has 0 bridgehead atoms. The number of hydrogen-bond donors (Lipinski definition) is 3. The Kier molecular flexibility index (Phi) is 11.6. The number of azo groups is 2. The summed E-state index contributed by atoms with van der Waals surface area (Å²) < 4.78 is 33.7. The molecule has 0 aliphatic rings. The van der Waals surface area contributed by atoms with Crippen molar-refractivity contribution in [1.82, 2.24) is 0 Å². The molecule has 15 heteroatoms. The molecule has 5 rings (SSSR count). The van der Waals surface area contributed by atoms with Crippen LogP contribution in [0.3, 0.4) is 0 Å². The fraction of sp³-hybridized carbons (Fsp3) is 0.0333. The monoisotopic (exact) mass is 641 g/mol. The van der Waals surface area contributed by atoms with Crippen LogP contribution in [0, 0.1) is 6.92 Å². The Morgan fingerprint density at radius 2 is 1.27 bits per heavy atom. The van der Waals surface area contributed by atoms with Gasteiger partial charge in [-0.15, -0.1) is 5.11 Å². The first kappa shape index (κ1) is 35.8. The topological polar surface area (TPSA) is 213 Å². The molecule has 0 aromatic heterocycles. The van der Waals surface area contributed by atoms with Crippen LogP contribution in [-0.4, -0.2) is 24.0 Å². The van der Waals surface area contributed by atoms with Crippen LogP contribution < -0.4 is 75.1 Å². The molecule has 216 valence electrons. The number of rotatable bonds is 7. The van der Waals surface area contributed by atoms with Gasteiger partial charge >= 0.3 is 65.1 Å². The van der Waals surface area contributed by atoms with Gasteiger partial charge in [-0.1, -0.05) is 47.4 Å². The van der Waals surface area contributed by atoms with Crippen molar-refractivity contribution in [2.75, 3.05) is 5.73 Å². The van der Waals surface area contributed by atoms with E-state index in [-0.39, 0.29) is 86.7 Å². The maximum atomic E-state index is 13.0. The van der Waals surface area contributed by atoms with Crippen molar-refractivity contribution in [1.29, 1.82) is 0 Å². The number of nitrogen functional groups attached to an aromatic ring is 1. The van der Waals surface area contributed by atoms with Crippen molar-refractivity contribution in [2.45, 2.75) is 11.8 Å². The number of hydrogen-bond acceptors (Lipinski definition) is 10. The van der Waals surface area contributed by atoms with Gasteiger partial charge in [0.05, 0.1) is 28.3 Å². The molecule has 0 aliphatic heterocycles. The molecule has 45 heavy (non-hydrogen) atoms. The zero-order valence-electron chi connectivity index (χ0n) is 24.3. The second-order valence-electron chi connectivity index (χ2n) is 9.45. The fourth-order valence-corrected chi connectivity index (χ4v) is 4.94. The summed E-state index contributed by atoms with van der Waals surface area (Å²) in [7, 11) is -4.79. The Hall–Kier alpha value is -3.66. The third kappa shape index (κ3) is 8.14. The summed E-state index contributed by atoms with van der Waals surface area (Å²) in [6.45, 7) is 1.51. The van der Waals surface area contributed by atoms with Crippen molar-refractivity contribution >= 4 is 55.3 Å². The molecule has 0 atom stereocenters. The zero-order chi connectivity index (χ0) is 30.9. The van der Waals surface area contributed by atoms with Gasteiger partial charge in [-0.25, -0.2) is 4.79 Å². The van der Waals surface area contributed by atoms with E-state index in [1.165, 1.54) is 37.3 Å². The fourth-order valence-electron chi connectivity index (χ4n) is 4.28. The second-order valence-corrected chi connectivity index (χ2v) is 10.8. The predicted octanol–water partition coefficient (Wildman–Crippen LogP) is 0.328. The van der Waals surface area contributed by atoms with E-state index in [4.69, 9.17) is 5.73 Å². The van der Waals surface area contributed by atoms with Gasteiger partial charge in [0.1, 0.15) is 4.90 Å². The van der Waals surface area contributed by atoms with Crippen molar-refractivity contribution in [3.63, 3.8) is 0 Å². The number of fused-ring (bicyclic) bond motifs is 1. The van der Waals surface area contributed by atoms with Gasteiger partial charge in [0.15, 0.2) is 0 Å². The second kappa shape index (κ2) is 14.6. The molecule has 0 spiro atoms. The minimum absolute atomic E-state index is 0. The summed E-state index contributed by atoms with van der Waals surface area (Å²) in [5.74, 6) is -2.62. The molecule has 0 heterocycles. The number of benzene rings is 5. The van der Waals surface area contributed by atoms with Gasteiger partial charge < -0.3 is 21.1 Å². The third-order valence-electron chi connectivity index (χ3n) is 6.44. The summed E-state index contributed by atoms with van der Waals surface area (Å²) >= 11 is 0. The Labute approximate surface area is 301 Å². The average Bonchev–Trinajstić information content (AvgIpc) is 2.97. The van der Waals surface area contributed by atoms with E-state index in [0.717, 1.165) is 17.2 Å². The van der Waals surface area contributed by atoms with Crippen LogP contribution in [0.2, 0.25) is 0 Å². The van der Waals surface area contributed by atoms with Gasteiger partial charge in [-0.3, -0.25) is 4.55 Å². The Bertz CT molecular complexity index is 2070. The Morgan fingerprint density at radius 1 is 0.733 bits per heavy atom. The van der Waals surface area contributed by atoms with Crippen LogP contribution in [-0.2, 0) is 10.1 Å². The van der Waals surface area contributed by atoms with Gasteiger partial charge in [0.2, 0.25) is 0 Å². The number of anilines is 1. The summed E-state index contributed by atoms with van der Waals surface area (Å²) in [4.78, 5) is 10.6. The van der Waals surface area contributed by atoms with Crippen LogP contribution in [0.1, 0.15) is 15.9 Å². The maximum Gasteiger partial charge on any atom is 1.00 e. The summed E-state index contributed by atoms with van der Waals surface area (Å²) in [5, 5.41) is 50.6. The molecule has 0 saturated carbocycles. The molecule has 0 unspecified atom stereocenters. The average molecular weight is 642 g/mol. The predicted molar refractivity (Wildman–Crippen MR) is 155 cm³/mol. The van der Waals surface area contributed by atoms with E-state index < -0.39 is 38.2 Å². The SMILES string of the molecule is Cc1cc(N=Nc2ccc(-c3ccc(N=Nc4c(S(=O)(=O)O)cc5cc(N)ccc5c4[O-])cc3)cc2)cc(C(=O)O)c1[O-].[Na+].[Na+]. The number of nitrogens with two attached hydrogens (primary N) is 1. The molecule has 0 fully saturated rings. The first-order valence-electron chi connectivity index (χ1n) is 12.5. The molecule has 0 saturated heterocycles. The van der Waals surface area contributed by atoms with E-state index in [1.54, 1.807) is 48.5 Å². The maximum absolute atomic E-state index is 13.0. The first-order chi connectivity index (χ1) is 20.4. The van der Waals surface area contributed by atoms with Crippen LogP contribution in [0.15, 0.2) is 110 Å². The molecular weight excluding hydrogens is 620 g/mol. The molecule has 0 radical (unpaired) electrons. The number of aromatic carboxylic acids is 1. The third-order valence-corrected chi connectivity index (χ3v) is 7.30. The van der Waals surface area contributed by atoms with E-state index in [9.17, 15) is 33.1 Å². The van der Waals surface area contributed by atoms with Gasteiger partial charge in [-0.2, -0.15) is 23.8 Å². The van der Waals surface area contributed by atoms with Crippen molar-refractivity contribution in [2.24, 2.45) is 20.5 Å². The molecule has 4 N–H and O–H groups in total. The summed E-state index contributed by atoms with van der Waals surface area (Å²) in [5.41, 5.74) is 8.11. The van der Waals surface area contributed by atoms with Gasteiger partial charge in [-0.05, 0) is 83.4 Å². The van der Waals surface area contributed by atoms with Gasteiger partial charge in [0.25, 0.3) is 10.1 Å². The largest absolute Gasteiger partial charge is 1.00 e. The van der Waals surface area contributed by atoms with E-state index in [0.29, 0.717) is 17.1 Å². The van der Waals surface area contributed by atoms with Crippen molar-refractivity contribution < 1.29 is 92.2 Å². The number of nitrogens with zero attached hydrogens (tertiary/aromatic N) is 4. The van der Waals surface area contributed by atoms with Crippen molar-refractivity contribution in [3.05, 3.63) is 96.1 Å². The first-order valence-corrected chi connectivity index (χ1v) is 13.9. The van der Waals surface area contributed by atoms with Crippen LogP contribution in [0.5, 0.6) is 11.5 Å². The quantitative estimate of drug-likeness (QED) is 0.0972. The van der Waals surface area contributed by atoms with Crippen LogP contribution in [0.4, 0.5) is 28.4 Å². The van der Waals surface area contributed by atoms with E-state index >= 15 is 0 Å². The normalized spacial score (nSPS) is 11.4. The molecule has 12 nitrogen and oxygen atoms in total. The smallest absolute Gasteiger partial charge is 0.872 e. The number of carboxylic acid groups (broad SMARTS) is 1. The molecule has 5 aromatic rings. The number of carboxylic acids is 1. The Morgan fingerprint density at radius 3 is 1.80 bits per heavy atom. The zero-order valence-corrected chi connectivity index (χ0v) is 29.1. The minimum atomic E-state index is -4.79. The number of aryl methyl sites for hydroxylation is 1. The summed E-state index contributed by atoms with van der Waals surface area (Å²) in [6.07, 6.45) is 0. The van der Waals surface area contributed by atoms with Crippen molar-refractivity contribution in [3.8, 4) is 22.6 Å². The summed E-state index contributed by atoms with van der Waals surface area (Å²) in [6, 6.07) is 21.9. The molecular formula is C30H21N5Na2O7S. The van der Waals surface area contributed by atoms with Crippen LogP contribution in [0.25, 0.3) is 21.9 Å². The molecule has 5 aromatic carbocycles. The number of carbonyl (C=O) groups is 1. The van der Waals surface area contributed by atoms with E-state index in [1.807, 2.05) is 0 Å². The standard InChI is InChI=1S/C30H23N5O7S.2Na/c1-16-12-23(15-25(28(16)36)30(38)39)34-32-21-7-2-17(3-8-21)18-4-9-22(10-5-18)33-35-27-26(43(40,41)42)14-19-13-20(31)6-11-24(19)29(27)37;;/h2-15,36-37H,31H2,1H3,(H,38,39)(H,40,41,42);;/q;2*+1/p-2. The molecule has 0 amide bonds. The molecule has 0 aliphatic carbocycles. The van der Waals surface area contributed by atoms with Gasteiger partial charge in [0, 0.05) is 5.69 Å². The minimum Gasteiger partial charge on any atom is -0.872 e.